The first-order valence-electron chi connectivity index (χ1n) is 7.78. The topological polar surface area (TPSA) is 30.5 Å². The van der Waals surface area contributed by atoms with Crippen LogP contribution in [0, 0.1) is 0 Å². The lowest BCUT2D eigenvalue weighted by atomic mass is 10.0. The van der Waals surface area contributed by atoms with Crippen LogP contribution in [0.2, 0.25) is 0 Å². The van der Waals surface area contributed by atoms with E-state index >= 15 is 0 Å². The molecule has 0 aromatic heterocycles. The van der Waals surface area contributed by atoms with Crippen molar-refractivity contribution in [1.29, 1.82) is 0 Å². The highest BCUT2D eigenvalue weighted by molar-refractivity contribution is 5.39. The normalized spacial score (nSPS) is 15.2. The molecule has 0 saturated heterocycles. The first-order chi connectivity index (χ1) is 9.69. The molecular formula is C17H27NO2. The third-order valence-electron chi connectivity index (χ3n) is 3.66. The molecular weight excluding hydrogens is 250 g/mol. The summed E-state index contributed by atoms with van der Waals surface area (Å²) in [6, 6.07) is 7.04. The van der Waals surface area contributed by atoms with Gasteiger partial charge in [0, 0.05) is 12.5 Å². The van der Waals surface area contributed by atoms with Crippen molar-refractivity contribution < 1.29 is 9.47 Å². The standard InChI is InChI=1S/C17H27NO2/c1-4-18-16(12-20-13(2)3)7-5-14-6-8-17-15(11-14)9-10-19-17/h6,8,11,13,16,18H,4-5,7,9-10,12H2,1-3H3. The van der Waals surface area contributed by atoms with Gasteiger partial charge in [-0.2, -0.15) is 0 Å². The van der Waals surface area contributed by atoms with E-state index in [4.69, 9.17) is 9.47 Å². The number of hydrogen-bond acceptors (Lipinski definition) is 3. The van der Waals surface area contributed by atoms with Crippen LogP contribution >= 0.6 is 0 Å². The van der Waals surface area contributed by atoms with Gasteiger partial charge in [-0.1, -0.05) is 19.1 Å². The van der Waals surface area contributed by atoms with Gasteiger partial charge in [-0.3, -0.25) is 0 Å². The molecule has 1 heterocycles. The van der Waals surface area contributed by atoms with E-state index in [0.29, 0.717) is 12.1 Å². The largest absolute Gasteiger partial charge is 0.493 e. The summed E-state index contributed by atoms with van der Waals surface area (Å²) in [4.78, 5) is 0. The summed E-state index contributed by atoms with van der Waals surface area (Å²) < 4.78 is 11.3. The summed E-state index contributed by atoms with van der Waals surface area (Å²) in [5.41, 5.74) is 2.77. The van der Waals surface area contributed by atoms with E-state index in [2.05, 4.69) is 44.3 Å². The molecule has 0 radical (unpaired) electrons. The third-order valence-corrected chi connectivity index (χ3v) is 3.66. The molecule has 0 fully saturated rings. The molecule has 1 atom stereocenters. The molecule has 1 aliphatic heterocycles. The molecule has 0 amide bonds. The zero-order valence-corrected chi connectivity index (χ0v) is 12.9. The van der Waals surface area contributed by atoms with Crippen LogP contribution in [0.15, 0.2) is 18.2 Å². The molecule has 3 nitrogen and oxygen atoms in total. The van der Waals surface area contributed by atoms with Crippen LogP contribution in [0.4, 0.5) is 0 Å². The number of fused-ring (bicyclic) bond motifs is 1. The summed E-state index contributed by atoms with van der Waals surface area (Å²) in [5.74, 6) is 1.07. The zero-order valence-electron chi connectivity index (χ0n) is 12.9. The number of likely N-dealkylation sites (N-methyl/N-ethyl adjacent to an activating group) is 1. The smallest absolute Gasteiger partial charge is 0.122 e. The number of rotatable bonds is 8. The summed E-state index contributed by atoms with van der Waals surface area (Å²) in [5, 5.41) is 3.51. The average molecular weight is 277 g/mol. The Kier molecular flexibility index (Phi) is 5.86. The molecule has 1 aliphatic rings. The van der Waals surface area contributed by atoms with Crippen molar-refractivity contribution >= 4 is 0 Å². The minimum absolute atomic E-state index is 0.299. The van der Waals surface area contributed by atoms with Crippen LogP contribution in [0.3, 0.4) is 0 Å². The van der Waals surface area contributed by atoms with Crippen molar-refractivity contribution in [2.75, 3.05) is 19.8 Å². The first kappa shape index (κ1) is 15.3. The van der Waals surface area contributed by atoms with E-state index in [-0.39, 0.29) is 0 Å². The van der Waals surface area contributed by atoms with E-state index in [1.165, 1.54) is 11.1 Å². The van der Waals surface area contributed by atoms with Crippen LogP contribution in [0.1, 0.15) is 38.3 Å². The maximum Gasteiger partial charge on any atom is 0.122 e. The first-order valence-corrected chi connectivity index (χ1v) is 7.78. The number of ether oxygens (including phenoxy) is 2. The van der Waals surface area contributed by atoms with E-state index in [9.17, 15) is 0 Å². The van der Waals surface area contributed by atoms with Crippen LogP contribution in [-0.4, -0.2) is 31.9 Å². The summed E-state index contributed by atoms with van der Waals surface area (Å²) in [6.45, 7) is 8.94. The number of benzene rings is 1. The maximum absolute atomic E-state index is 5.74. The van der Waals surface area contributed by atoms with Gasteiger partial charge in [-0.15, -0.1) is 0 Å². The lowest BCUT2D eigenvalue weighted by molar-refractivity contribution is 0.0599. The van der Waals surface area contributed by atoms with E-state index < -0.39 is 0 Å². The van der Waals surface area contributed by atoms with Gasteiger partial charge in [0.15, 0.2) is 0 Å². The Hall–Kier alpha value is -1.06. The Balaban J connectivity index is 1.85. The fourth-order valence-electron chi connectivity index (χ4n) is 2.58. The van der Waals surface area contributed by atoms with Crippen LogP contribution in [-0.2, 0) is 17.6 Å². The van der Waals surface area contributed by atoms with Crippen molar-refractivity contribution in [2.45, 2.75) is 52.2 Å². The monoisotopic (exact) mass is 277 g/mol. The van der Waals surface area contributed by atoms with Gasteiger partial charge in [-0.25, -0.2) is 0 Å². The van der Waals surface area contributed by atoms with Crippen molar-refractivity contribution in [3.63, 3.8) is 0 Å². The van der Waals surface area contributed by atoms with Crippen molar-refractivity contribution in [2.24, 2.45) is 0 Å². The second kappa shape index (κ2) is 7.65. The molecule has 112 valence electrons. The number of aryl methyl sites for hydroxylation is 1. The highest BCUT2D eigenvalue weighted by Gasteiger charge is 2.13. The quantitative estimate of drug-likeness (QED) is 0.792. The van der Waals surface area contributed by atoms with Crippen molar-refractivity contribution in [1.82, 2.24) is 5.32 Å². The van der Waals surface area contributed by atoms with Crippen molar-refractivity contribution in [3.05, 3.63) is 29.3 Å². The molecule has 2 rings (SSSR count). The predicted octanol–water partition coefficient (Wildman–Crippen LogP) is 2.96. The fraction of sp³-hybridized carbons (Fsp3) is 0.647. The summed E-state index contributed by atoms with van der Waals surface area (Å²) >= 11 is 0. The van der Waals surface area contributed by atoms with Gasteiger partial charge < -0.3 is 14.8 Å². The summed E-state index contributed by atoms with van der Waals surface area (Å²) in [7, 11) is 0. The van der Waals surface area contributed by atoms with Gasteiger partial charge >= 0.3 is 0 Å². The minimum atomic E-state index is 0.299. The lowest BCUT2D eigenvalue weighted by Crippen LogP contribution is -2.34. The van der Waals surface area contributed by atoms with Gasteiger partial charge in [0.2, 0.25) is 0 Å². The lowest BCUT2D eigenvalue weighted by Gasteiger charge is -2.19. The predicted molar refractivity (Wildman–Crippen MR) is 82.5 cm³/mol. The van der Waals surface area contributed by atoms with E-state index in [1.807, 2.05) is 0 Å². The highest BCUT2D eigenvalue weighted by atomic mass is 16.5. The Morgan fingerprint density at radius 2 is 2.20 bits per heavy atom. The highest BCUT2D eigenvalue weighted by Crippen LogP contribution is 2.26. The second-order valence-corrected chi connectivity index (χ2v) is 5.72. The maximum atomic E-state index is 5.74. The van der Waals surface area contributed by atoms with Crippen LogP contribution < -0.4 is 10.1 Å². The second-order valence-electron chi connectivity index (χ2n) is 5.72. The Labute approximate surface area is 122 Å². The van der Waals surface area contributed by atoms with Crippen molar-refractivity contribution in [3.8, 4) is 5.75 Å². The molecule has 1 unspecified atom stereocenters. The van der Waals surface area contributed by atoms with Gasteiger partial charge in [0.05, 0.1) is 19.3 Å². The van der Waals surface area contributed by atoms with Crippen LogP contribution in [0.25, 0.3) is 0 Å². The van der Waals surface area contributed by atoms with Gasteiger partial charge in [-0.05, 0) is 50.4 Å². The molecule has 20 heavy (non-hydrogen) atoms. The molecule has 0 spiro atoms. The fourth-order valence-corrected chi connectivity index (χ4v) is 2.58. The van der Waals surface area contributed by atoms with Gasteiger partial charge in [0.1, 0.15) is 5.75 Å². The molecule has 0 saturated carbocycles. The molecule has 1 N–H and O–H groups in total. The van der Waals surface area contributed by atoms with E-state index in [1.54, 1.807) is 0 Å². The number of nitrogens with one attached hydrogen (secondary N) is 1. The number of hydrogen-bond donors (Lipinski definition) is 1. The third kappa shape index (κ3) is 4.50. The Morgan fingerprint density at radius 3 is 2.95 bits per heavy atom. The molecule has 1 aromatic carbocycles. The van der Waals surface area contributed by atoms with Gasteiger partial charge in [0.25, 0.3) is 0 Å². The summed E-state index contributed by atoms with van der Waals surface area (Å²) in [6.07, 6.45) is 3.55. The Bertz CT molecular complexity index is 417. The molecule has 3 heteroatoms. The van der Waals surface area contributed by atoms with E-state index in [0.717, 1.165) is 44.8 Å². The average Bonchev–Trinajstić information content (AvgIpc) is 2.89. The molecule has 0 bridgehead atoms. The van der Waals surface area contributed by atoms with Crippen LogP contribution in [0.5, 0.6) is 5.75 Å². The molecule has 0 aliphatic carbocycles. The SMILES string of the molecule is CCNC(CCc1ccc2c(c1)CCO2)COC(C)C. The Morgan fingerprint density at radius 1 is 1.35 bits per heavy atom. The zero-order chi connectivity index (χ0) is 14.4. The molecule has 1 aromatic rings. The minimum Gasteiger partial charge on any atom is -0.493 e.